The molecule has 2 atom stereocenters. The quantitative estimate of drug-likeness (QED) is 0.437. The number of amides is 1. The minimum absolute atomic E-state index is 0.107. The molecule has 146 valence electrons. The number of nitrogens with zero attached hydrogens (tertiary/aromatic N) is 5. The van der Waals surface area contributed by atoms with Crippen LogP contribution in [-0.2, 0) is 0 Å². The van der Waals surface area contributed by atoms with Crippen LogP contribution in [0.1, 0.15) is 33.8 Å². The summed E-state index contributed by atoms with van der Waals surface area (Å²) in [6.07, 6.45) is 4.56. The van der Waals surface area contributed by atoms with Crippen molar-refractivity contribution in [3.63, 3.8) is 0 Å². The molecule has 8 nitrogen and oxygen atoms in total. The van der Waals surface area contributed by atoms with Crippen LogP contribution in [-0.4, -0.2) is 48.8 Å². The van der Waals surface area contributed by atoms with Crippen molar-refractivity contribution in [2.24, 2.45) is 0 Å². The van der Waals surface area contributed by atoms with Gasteiger partial charge in [0.2, 0.25) is 5.43 Å². The molecule has 29 heavy (non-hydrogen) atoms. The fourth-order valence-electron chi connectivity index (χ4n) is 3.61. The highest BCUT2D eigenvalue weighted by Crippen LogP contribution is 2.35. The van der Waals surface area contributed by atoms with Crippen molar-refractivity contribution in [1.82, 2.24) is 24.2 Å². The Morgan fingerprint density at radius 2 is 2.03 bits per heavy atom. The zero-order chi connectivity index (χ0) is 20.5. The molecule has 9 heteroatoms. The van der Waals surface area contributed by atoms with Crippen LogP contribution in [0.25, 0.3) is 0 Å². The molecule has 1 aromatic carbocycles. The molecule has 2 unspecified atom stereocenters. The van der Waals surface area contributed by atoms with E-state index in [4.69, 9.17) is 0 Å². The first-order chi connectivity index (χ1) is 14.0. The standard InChI is InChI=1S/C20H16IN5O3/c1-24-11-15(26-18(20(24)29)19(28)16(27)9-23-26)17(13-5-3-2-4-6-13)25-10-14(7-8-21)22-12-25/h2-6,9-10,12,15,17,28H,11H2,1H3. The molecule has 0 bridgehead atoms. The number of carbonyl (C=O) groups excluding carboxylic acids is 1. The maximum atomic E-state index is 12.6. The van der Waals surface area contributed by atoms with E-state index in [0.29, 0.717) is 12.2 Å². The van der Waals surface area contributed by atoms with Gasteiger partial charge in [0.1, 0.15) is 5.69 Å². The van der Waals surface area contributed by atoms with Crippen molar-refractivity contribution >= 4 is 28.5 Å². The van der Waals surface area contributed by atoms with Gasteiger partial charge in [0, 0.05) is 42.4 Å². The normalized spacial score (nSPS) is 16.7. The lowest BCUT2D eigenvalue weighted by atomic mass is 9.96. The smallest absolute Gasteiger partial charge is 0.275 e. The first kappa shape index (κ1) is 19.2. The number of likely N-dealkylation sites (N-methyl/N-ethyl adjacent to an activating group) is 1. The van der Waals surface area contributed by atoms with Crippen molar-refractivity contribution in [3.8, 4) is 15.6 Å². The molecule has 3 aromatic rings. The van der Waals surface area contributed by atoms with E-state index in [2.05, 4.69) is 19.9 Å². The van der Waals surface area contributed by atoms with Gasteiger partial charge >= 0.3 is 0 Å². The number of fused-ring (bicyclic) bond motifs is 1. The number of hydrogen-bond donors (Lipinski definition) is 1. The average Bonchev–Trinajstić information content (AvgIpc) is 3.17. The zero-order valence-electron chi connectivity index (χ0n) is 15.4. The highest BCUT2D eigenvalue weighted by molar-refractivity contribution is 14.1. The number of imidazole rings is 1. The summed E-state index contributed by atoms with van der Waals surface area (Å²) >= 11 is 1.96. The molecule has 2 aromatic heterocycles. The second-order valence-electron chi connectivity index (χ2n) is 6.68. The van der Waals surface area contributed by atoms with Crippen molar-refractivity contribution in [3.05, 3.63) is 76.2 Å². The number of halogens is 1. The molecule has 0 aliphatic carbocycles. The molecule has 3 heterocycles. The van der Waals surface area contributed by atoms with Gasteiger partial charge in [-0.1, -0.05) is 30.3 Å². The van der Waals surface area contributed by atoms with Crippen molar-refractivity contribution in [2.75, 3.05) is 13.6 Å². The Balaban J connectivity index is 1.92. The predicted octanol–water partition coefficient (Wildman–Crippen LogP) is 1.81. The predicted molar refractivity (Wildman–Crippen MR) is 114 cm³/mol. The van der Waals surface area contributed by atoms with Crippen LogP contribution in [0.3, 0.4) is 0 Å². The summed E-state index contributed by atoms with van der Waals surface area (Å²) in [5.41, 5.74) is 0.802. The third-order valence-corrected chi connectivity index (χ3v) is 5.18. The maximum Gasteiger partial charge on any atom is 0.275 e. The van der Waals surface area contributed by atoms with Crippen LogP contribution in [0.4, 0.5) is 0 Å². The van der Waals surface area contributed by atoms with Gasteiger partial charge in [0.15, 0.2) is 11.4 Å². The SMILES string of the molecule is CN1CC(C(c2ccccc2)n2cnc(C#CI)c2)n2ncc(=O)c(O)c2C1=O. The lowest BCUT2D eigenvalue weighted by molar-refractivity contribution is 0.0671. The third kappa shape index (κ3) is 3.40. The summed E-state index contributed by atoms with van der Waals surface area (Å²) in [5.74, 6) is 1.89. The fourth-order valence-corrected chi connectivity index (χ4v) is 3.89. The molecule has 0 fully saturated rings. The zero-order valence-corrected chi connectivity index (χ0v) is 17.5. The third-order valence-electron chi connectivity index (χ3n) is 4.91. The summed E-state index contributed by atoms with van der Waals surface area (Å²) in [6.45, 7) is 0.339. The summed E-state index contributed by atoms with van der Waals surface area (Å²) in [6, 6.07) is 9.07. The minimum Gasteiger partial charge on any atom is -0.502 e. The van der Waals surface area contributed by atoms with E-state index in [9.17, 15) is 14.7 Å². The van der Waals surface area contributed by atoms with E-state index in [0.717, 1.165) is 11.8 Å². The van der Waals surface area contributed by atoms with Crippen LogP contribution < -0.4 is 5.43 Å². The molecule has 1 aliphatic rings. The minimum atomic E-state index is -0.683. The molecule has 0 radical (unpaired) electrons. The second-order valence-corrected chi connectivity index (χ2v) is 7.22. The Hall–Kier alpha value is -3.13. The van der Waals surface area contributed by atoms with E-state index >= 15 is 0 Å². The second kappa shape index (κ2) is 7.71. The number of carbonyl (C=O) groups is 1. The summed E-state index contributed by atoms with van der Waals surface area (Å²) < 4.78 is 6.17. The average molecular weight is 501 g/mol. The first-order valence-electron chi connectivity index (χ1n) is 8.77. The molecule has 4 rings (SSSR count). The highest BCUT2D eigenvalue weighted by atomic mass is 127. The molecule has 1 amide bonds. The lowest BCUT2D eigenvalue weighted by Crippen LogP contribution is -2.46. The van der Waals surface area contributed by atoms with Crippen molar-refractivity contribution in [2.45, 2.75) is 12.1 Å². The summed E-state index contributed by atoms with van der Waals surface area (Å²) in [4.78, 5) is 30.4. The van der Waals surface area contributed by atoms with Gasteiger partial charge in [0.25, 0.3) is 5.91 Å². The van der Waals surface area contributed by atoms with Gasteiger partial charge in [-0.15, -0.1) is 0 Å². The molecule has 0 saturated carbocycles. The van der Waals surface area contributed by atoms with Crippen molar-refractivity contribution in [1.29, 1.82) is 0 Å². The number of aromatic nitrogens is 4. The Morgan fingerprint density at radius 1 is 1.28 bits per heavy atom. The van der Waals surface area contributed by atoms with Gasteiger partial charge in [-0.05, 0) is 15.4 Å². The van der Waals surface area contributed by atoms with Gasteiger partial charge in [-0.25, -0.2) is 9.67 Å². The molecule has 1 aliphatic heterocycles. The van der Waals surface area contributed by atoms with E-state index in [-0.39, 0.29) is 17.8 Å². The Morgan fingerprint density at radius 3 is 2.76 bits per heavy atom. The van der Waals surface area contributed by atoms with E-state index in [1.54, 1.807) is 13.4 Å². The summed E-state index contributed by atoms with van der Waals surface area (Å²) in [7, 11) is 1.64. The largest absolute Gasteiger partial charge is 0.502 e. The van der Waals surface area contributed by atoms with Gasteiger partial charge in [-0.3, -0.25) is 9.59 Å². The molecule has 0 spiro atoms. The number of aromatic hydroxyl groups is 1. The van der Waals surface area contributed by atoms with Gasteiger partial charge in [-0.2, -0.15) is 5.10 Å². The Labute approximate surface area is 179 Å². The number of rotatable bonds is 3. The van der Waals surface area contributed by atoms with Crippen LogP contribution >= 0.6 is 22.6 Å². The van der Waals surface area contributed by atoms with Gasteiger partial charge < -0.3 is 14.6 Å². The Bertz CT molecular complexity index is 1190. The molecular formula is C20H16IN5O3. The maximum absolute atomic E-state index is 12.6. The lowest BCUT2D eigenvalue weighted by Gasteiger charge is -2.37. The fraction of sp³-hybridized carbons (Fsp3) is 0.200. The summed E-state index contributed by atoms with van der Waals surface area (Å²) in [5, 5.41) is 14.5. The molecule has 0 saturated heterocycles. The van der Waals surface area contributed by atoms with Gasteiger partial charge in [0.05, 0.1) is 24.6 Å². The van der Waals surface area contributed by atoms with Crippen LogP contribution in [0.2, 0.25) is 0 Å². The monoisotopic (exact) mass is 501 g/mol. The number of hydrogen-bond acceptors (Lipinski definition) is 5. The van der Waals surface area contributed by atoms with E-state index in [1.807, 2.05) is 63.7 Å². The Kier molecular flexibility index (Phi) is 5.10. The van der Waals surface area contributed by atoms with E-state index in [1.165, 1.54) is 9.58 Å². The van der Waals surface area contributed by atoms with Crippen LogP contribution in [0.15, 0.2) is 53.8 Å². The first-order valence-corrected chi connectivity index (χ1v) is 9.85. The highest BCUT2D eigenvalue weighted by Gasteiger charge is 2.38. The van der Waals surface area contributed by atoms with E-state index < -0.39 is 17.1 Å². The van der Waals surface area contributed by atoms with Crippen molar-refractivity contribution < 1.29 is 9.90 Å². The van der Waals surface area contributed by atoms with Crippen LogP contribution in [0, 0.1) is 9.85 Å². The molecular weight excluding hydrogens is 485 g/mol. The molecule has 1 N–H and O–H groups in total. The topological polar surface area (TPSA) is 93.2 Å². The van der Waals surface area contributed by atoms with Crippen LogP contribution in [0.5, 0.6) is 5.75 Å². The number of benzene rings is 1.